The Balaban J connectivity index is 2.21. The molecule has 0 aliphatic heterocycles. The van der Waals surface area contributed by atoms with Gasteiger partial charge in [0.05, 0.1) is 11.7 Å². The van der Waals surface area contributed by atoms with Gasteiger partial charge in [-0.05, 0) is 30.5 Å². The van der Waals surface area contributed by atoms with Gasteiger partial charge in [0.2, 0.25) is 0 Å². The van der Waals surface area contributed by atoms with Crippen molar-refractivity contribution in [3.63, 3.8) is 0 Å². The van der Waals surface area contributed by atoms with E-state index in [1.807, 2.05) is 6.20 Å². The summed E-state index contributed by atoms with van der Waals surface area (Å²) < 4.78 is 0. The van der Waals surface area contributed by atoms with E-state index < -0.39 is 0 Å². The Morgan fingerprint density at radius 2 is 2.06 bits per heavy atom. The molecule has 0 spiro atoms. The van der Waals surface area contributed by atoms with Crippen molar-refractivity contribution in [3.8, 4) is 0 Å². The molecule has 1 heterocycles. The molecular weight excluding hydrogens is 198 g/mol. The van der Waals surface area contributed by atoms with Gasteiger partial charge in [-0.25, -0.2) is 0 Å². The summed E-state index contributed by atoms with van der Waals surface area (Å²) in [5.74, 6) is 0. The normalized spacial score (nSPS) is 14.0. The largest absolute Gasteiger partial charge is 0.382 e. The van der Waals surface area contributed by atoms with Gasteiger partial charge in [-0.3, -0.25) is 5.10 Å². The Hall–Kier alpha value is -1.51. The van der Waals surface area contributed by atoms with Gasteiger partial charge in [-0.1, -0.05) is 20.8 Å². The van der Waals surface area contributed by atoms with E-state index in [9.17, 15) is 0 Å². The van der Waals surface area contributed by atoms with Gasteiger partial charge < -0.3 is 5.32 Å². The van der Waals surface area contributed by atoms with Crippen molar-refractivity contribution < 1.29 is 0 Å². The molecule has 0 saturated carbocycles. The minimum absolute atomic E-state index is 0.255. The summed E-state index contributed by atoms with van der Waals surface area (Å²) >= 11 is 0. The first kappa shape index (κ1) is 11.0. The van der Waals surface area contributed by atoms with Crippen molar-refractivity contribution in [1.29, 1.82) is 0 Å². The minimum atomic E-state index is 0.255. The van der Waals surface area contributed by atoms with Crippen LogP contribution in [0.1, 0.15) is 27.7 Å². The van der Waals surface area contributed by atoms with Crippen LogP contribution in [-0.4, -0.2) is 16.2 Å². The highest BCUT2D eigenvalue weighted by Gasteiger charge is 2.19. The Labute approximate surface area is 96.2 Å². The lowest BCUT2D eigenvalue weighted by atomic mass is 9.88. The Bertz CT molecular complexity index is 479. The predicted molar refractivity (Wildman–Crippen MR) is 68.6 cm³/mol. The summed E-state index contributed by atoms with van der Waals surface area (Å²) in [6.07, 6.45) is 1.85. The number of fused-ring (bicyclic) bond motifs is 1. The van der Waals surface area contributed by atoms with Crippen molar-refractivity contribution in [2.75, 3.05) is 5.32 Å². The standard InChI is InChI=1S/C13H19N3/c1-9(13(2,3)4)15-11-5-6-12-10(7-11)8-14-16-12/h5-9,15H,1-4H3,(H,14,16). The average Bonchev–Trinajstić information content (AvgIpc) is 2.63. The van der Waals surface area contributed by atoms with Crippen LogP contribution in [0.5, 0.6) is 0 Å². The lowest BCUT2D eigenvalue weighted by Crippen LogP contribution is -2.30. The van der Waals surface area contributed by atoms with Crippen LogP contribution in [-0.2, 0) is 0 Å². The molecule has 2 rings (SSSR count). The van der Waals surface area contributed by atoms with E-state index in [-0.39, 0.29) is 5.41 Å². The van der Waals surface area contributed by atoms with Gasteiger partial charge in [0.25, 0.3) is 0 Å². The highest BCUT2D eigenvalue weighted by atomic mass is 15.1. The summed E-state index contributed by atoms with van der Waals surface area (Å²) in [5.41, 5.74) is 2.48. The number of nitrogens with zero attached hydrogens (tertiary/aromatic N) is 1. The lowest BCUT2D eigenvalue weighted by molar-refractivity contribution is 0.359. The molecule has 0 aliphatic carbocycles. The molecule has 86 valence electrons. The monoisotopic (exact) mass is 217 g/mol. The van der Waals surface area contributed by atoms with Crippen LogP contribution < -0.4 is 5.32 Å². The first-order chi connectivity index (χ1) is 7.47. The van der Waals surface area contributed by atoms with Gasteiger partial charge in [-0.15, -0.1) is 0 Å². The van der Waals surface area contributed by atoms with E-state index in [4.69, 9.17) is 0 Å². The Morgan fingerprint density at radius 3 is 2.75 bits per heavy atom. The van der Waals surface area contributed by atoms with Crippen molar-refractivity contribution in [3.05, 3.63) is 24.4 Å². The number of rotatable bonds is 2. The maximum Gasteiger partial charge on any atom is 0.0651 e. The maximum absolute atomic E-state index is 4.02. The number of nitrogens with one attached hydrogen (secondary N) is 2. The third kappa shape index (κ3) is 2.18. The molecule has 3 heteroatoms. The summed E-state index contributed by atoms with van der Waals surface area (Å²) in [5, 5.41) is 11.6. The number of aromatic nitrogens is 2. The molecule has 1 aromatic carbocycles. The second kappa shape index (κ2) is 3.81. The van der Waals surface area contributed by atoms with Gasteiger partial charge >= 0.3 is 0 Å². The van der Waals surface area contributed by atoms with E-state index in [0.717, 1.165) is 16.6 Å². The summed E-state index contributed by atoms with van der Waals surface area (Å²) in [6, 6.07) is 6.70. The van der Waals surface area contributed by atoms with Crippen LogP contribution in [0, 0.1) is 5.41 Å². The number of hydrogen-bond donors (Lipinski definition) is 2. The molecule has 0 amide bonds. The smallest absolute Gasteiger partial charge is 0.0651 e. The van der Waals surface area contributed by atoms with Gasteiger partial charge in [0.15, 0.2) is 0 Å². The van der Waals surface area contributed by atoms with Crippen LogP contribution in [0.3, 0.4) is 0 Å². The first-order valence-electron chi connectivity index (χ1n) is 5.66. The SMILES string of the molecule is CC(Nc1ccc2[nH]ncc2c1)C(C)(C)C. The highest BCUT2D eigenvalue weighted by molar-refractivity contribution is 5.81. The van der Waals surface area contributed by atoms with Gasteiger partial charge in [-0.2, -0.15) is 5.10 Å². The Kier molecular flexibility index (Phi) is 2.62. The van der Waals surface area contributed by atoms with Gasteiger partial charge in [0, 0.05) is 17.1 Å². The van der Waals surface area contributed by atoms with Gasteiger partial charge in [0.1, 0.15) is 0 Å². The zero-order valence-electron chi connectivity index (χ0n) is 10.3. The molecule has 0 aliphatic rings. The highest BCUT2D eigenvalue weighted by Crippen LogP contribution is 2.24. The summed E-state index contributed by atoms with van der Waals surface area (Å²) in [7, 11) is 0. The van der Waals surface area contributed by atoms with Crippen molar-refractivity contribution in [2.45, 2.75) is 33.7 Å². The molecule has 1 atom stereocenters. The number of aromatic amines is 1. The molecule has 2 aromatic rings. The minimum Gasteiger partial charge on any atom is -0.382 e. The third-order valence-corrected chi connectivity index (χ3v) is 3.12. The molecule has 16 heavy (non-hydrogen) atoms. The Morgan fingerprint density at radius 1 is 1.31 bits per heavy atom. The van der Waals surface area contributed by atoms with Crippen LogP contribution in [0.2, 0.25) is 0 Å². The number of hydrogen-bond acceptors (Lipinski definition) is 2. The molecule has 0 bridgehead atoms. The van der Waals surface area contributed by atoms with Crippen LogP contribution in [0.25, 0.3) is 10.9 Å². The molecule has 0 radical (unpaired) electrons. The fraction of sp³-hybridized carbons (Fsp3) is 0.462. The first-order valence-corrected chi connectivity index (χ1v) is 5.66. The summed E-state index contributed by atoms with van der Waals surface area (Å²) in [4.78, 5) is 0. The molecule has 1 unspecified atom stereocenters. The molecule has 0 fully saturated rings. The van der Waals surface area contributed by atoms with Crippen molar-refractivity contribution in [1.82, 2.24) is 10.2 Å². The van der Waals surface area contributed by atoms with Crippen LogP contribution >= 0.6 is 0 Å². The molecule has 1 aromatic heterocycles. The quantitative estimate of drug-likeness (QED) is 0.809. The van der Waals surface area contributed by atoms with E-state index >= 15 is 0 Å². The van der Waals surface area contributed by atoms with E-state index in [1.54, 1.807) is 0 Å². The maximum atomic E-state index is 4.02. The lowest BCUT2D eigenvalue weighted by Gasteiger charge is -2.29. The second-order valence-corrected chi connectivity index (χ2v) is 5.40. The number of H-pyrrole nitrogens is 1. The molecule has 0 saturated heterocycles. The van der Waals surface area contributed by atoms with Crippen molar-refractivity contribution in [2.24, 2.45) is 5.41 Å². The van der Waals surface area contributed by atoms with E-state index in [1.165, 1.54) is 0 Å². The fourth-order valence-corrected chi connectivity index (χ4v) is 1.50. The zero-order chi connectivity index (χ0) is 11.8. The predicted octanol–water partition coefficient (Wildman–Crippen LogP) is 3.41. The average molecular weight is 217 g/mol. The zero-order valence-corrected chi connectivity index (χ0v) is 10.3. The second-order valence-electron chi connectivity index (χ2n) is 5.40. The topological polar surface area (TPSA) is 40.7 Å². The fourth-order valence-electron chi connectivity index (χ4n) is 1.50. The molecular formula is C13H19N3. The number of benzene rings is 1. The van der Waals surface area contributed by atoms with E-state index in [0.29, 0.717) is 6.04 Å². The number of anilines is 1. The van der Waals surface area contributed by atoms with Crippen molar-refractivity contribution >= 4 is 16.6 Å². The summed E-state index contributed by atoms with van der Waals surface area (Å²) in [6.45, 7) is 8.92. The van der Waals surface area contributed by atoms with Crippen LogP contribution in [0.4, 0.5) is 5.69 Å². The van der Waals surface area contributed by atoms with Crippen LogP contribution in [0.15, 0.2) is 24.4 Å². The van der Waals surface area contributed by atoms with E-state index in [2.05, 4.69) is 61.4 Å². The molecule has 2 N–H and O–H groups in total. The third-order valence-electron chi connectivity index (χ3n) is 3.12. The molecule has 3 nitrogen and oxygen atoms in total.